The minimum absolute atomic E-state index is 0. The molecule has 0 saturated heterocycles. The number of rotatable bonds is 5. The largest absolute Gasteiger partial charge is 1.00 e. The molecule has 0 aliphatic heterocycles. The molecule has 17 heavy (non-hydrogen) atoms. The van der Waals surface area contributed by atoms with Crippen molar-refractivity contribution in [3.05, 3.63) is 21.0 Å². The van der Waals surface area contributed by atoms with Crippen LogP contribution >= 0.6 is 11.8 Å². The monoisotopic (exact) mass is 253 g/mol. The Labute approximate surface area is 116 Å². The molecule has 0 aromatic carbocycles. The third-order valence-electron chi connectivity index (χ3n) is 2.22. The molecular formula is C9H13ClLiN3O3. The minimum atomic E-state index is -1.03. The minimum Gasteiger partial charge on any atom is -0.845 e. The molecule has 8 heteroatoms. The first-order chi connectivity index (χ1) is 7.57. The average molecular weight is 254 g/mol. The van der Waals surface area contributed by atoms with Crippen LogP contribution in [0.2, 0.25) is 0 Å². The van der Waals surface area contributed by atoms with Gasteiger partial charge in [-0.1, -0.05) is 26.2 Å². The molecule has 90 valence electrons. The van der Waals surface area contributed by atoms with Crippen molar-refractivity contribution in [2.45, 2.75) is 39.2 Å². The predicted molar refractivity (Wildman–Crippen MR) is 57.6 cm³/mol. The van der Waals surface area contributed by atoms with E-state index in [1.54, 1.807) is 0 Å². The Hall–Kier alpha value is -0.703. The molecule has 1 aromatic rings. The van der Waals surface area contributed by atoms with E-state index in [-0.39, 0.29) is 25.4 Å². The Balaban J connectivity index is 0.00000256. The zero-order chi connectivity index (χ0) is 12.1. The van der Waals surface area contributed by atoms with E-state index in [2.05, 4.69) is 11.9 Å². The average Bonchev–Trinajstić information content (AvgIpc) is 2.25. The number of nitrogens with zero attached hydrogens (tertiary/aromatic N) is 3. The maximum atomic E-state index is 11.4. The number of unbranched alkanes of at least 4 members (excludes halogenated alkanes) is 3. The third-order valence-corrected chi connectivity index (χ3v) is 2.51. The van der Waals surface area contributed by atoms with Crippen molar-refractivity contribution in [3.8, 4) is 6.01 Å². The van der Waals surface area contributed by atoms with E-state index < -0.39 is 17.4 Å². The summed E-state index contributed by atoms with van der Waals surface area (Å²) in [5.41, 5.74) is -1.84. The van der Waals surface area contributed by atoms with Crippen LogP contribution in [0.4, 0.5) is 0 Å². The molecule has 0 atom stereocenters. The number of hydrogen-bond donors (Lipinski definition) is 0. The molecule has 0 N–H and O–H groups in total. The SMILES string of the molecule is CCCCCCn1c([O-])nc(=O)n(Cl)c1=O.[Li+]. The summed E-state index contributed by atoms with van der Waals surface area (Å²) in [4.78, 5) is 25.4. The van der Waals surface area contributed by atoms with Crippen molar-refractivity contribution in [2.24, 2.45) is 0 Å². The summed E-state index contributed by atoms with van der Waals surface area (Å²) in [6.07, 6.45) is 3.72. The van der Waals surface area contributed by atoms with Gasteiger partial charge in [0.05, 0.1) is 6.01 Å². The smallest absolute Gasteiger partial charge is 0.845 e. The first-order valence-electron chi connectivity index (χ1n) is 5.15. The fourth-order valence-corrected chi connectivity index (χ4v) is 1.47. The van der Waals surface area contributed by atoms with E-state index in [1.165, 1.54) is 0 Å². The summed E-state index contributed by atoms with van der Waals surface area (Å²) in [5.74, 6) is 0. The fourth-order valence-electron chi connectivity index (χ4n) is 1.34. The molecule has 1 aromatic heterocycles. The van der Waals surface area contributed by atoms with Gasteiger partial charge < -0.3 is 5.11 Å². The number of aromatic nitrogens is 3. The predicted octanol–water partition coefficient (Wildman–Crippen LogP) is -2.94. The van der Waals surface area contributed by atoms with Crippen molar-refractivity contribution in [2.75, 3.05) is 0 Å². The molecule has 0 fully saturated rings. The quantitative estimate of drug-likeness (QED) is 0.416. The maximum Gasteiger partial charge on any atom is 1.00 e. The van der Waals surface area contributed by atoms with E-state index in [4.69, 9.17) is 11.8 Å². The van der Waals surface area contributed by atoms with E-state index in [9.17, 15) is 14.7 Å². The Morgan fingerprint density at radius 1 is 1.29 bits per heavy atom. The van der Waals surface area contributed by atoms with Gasteiger partial charge >= 0.3 is 30.2 Å². The van der Waals surface area contributed by atoms with Crippen LogP contribution in [0.3, 0.4) is 0 Å². The zero-order valence-corrected chi connectivity index (χ0v) is 10.7. The van der Waals surface area contributed by atoms with Crippen LogP contribution < -0.4 is 35.3 Å². The first kappa shape index (κ1) is 16.3. The second-order valence-electron chi connectivity index (χ2n) is 3.45. The fraction of sp³-hybridized carbons (Fsp3) is 0.667. The van der Waals surface area contributed by atoms with Crippen LogP contribution in [0.15, 0.2) is 9.59 Å². The standard InChI is InChI=1S/C9H14ClN3O3.Li/c1-2-3-4-5-6-12-7(14)11-8(15)13(10)9(12)16;/h2-6H2,1H3,(H,11,14,15);/q;+1/p-1. The molecule has 0 aliphatic rings. The molecule has 0 amide bonds. The van der Waals surface area contributed by atoms with Gasteiger partial charge in [-0.25, -0.2) is 9.59 Å². The van der Waals surface area contributed by atoms with Gasteiger partial charge in [0.15, 0.2) is 0 Å². The molecule has 1 rings (SSSR count). The molecule has 0 aliphatic carbocycles. The van der Waals surface area contributed by atoms with Crippen LogP contribution in [0.25, 0.3) is 0 Å². The number of halogens is 1. The van der Waals surface area contributed by atoms with Crippen molar-refractivity contribution >= 4 is 11.8 Å². The van der Waals surface area contributed by atoms with Crippen LogP contribution in [0.5, 0.6) is 6.01 Å². The second-order valence-corrected chi connectivity index (χ2v) is 3.79. The van der Waals surface area contributed by atoms with E-state index in [1.807, 2.05) is 0 Å². The van der Waals surface area contributed by atoms with Crippen molar-refractivity contribution in [3.63, 3.8) is 0 Å². The van der Waals surface area contributed by atoms with E-state index >= 15 is 0 Å². The molecule has 1 heterocycles. The molecule has 6 nitrogen and oxygen atoms in total. The van der Waals surface area contributed by atoms with Crippen LogP contribution in [-0.2, 0) is 6.54 Å². The van der Waals surface area contributed by atoms with Crippen molar-refractivity contribution < 1.29 is 24.0 Å². The van der Waals surface area contributed by atoms with Crippen LogP contribution in [0.1, 0.15) is 32.6 Å². The first-order valence-corrected chi connectivity index (χ1v) is 5.48. The van der Waals surface area contributed by atoms with Crippen LogP contribution in [0, 0.1) is 0 Å². The second kappa shape index (κ2) is 7.59. The van der Waals surface area contributed by atoms with E-state index in [0.717, 1.165) is 23.8 Å². The Bertz CT molecular complexity index is 472. The van der Waals surface area contributed by atoms with Crippen molar-refractivity contribution in [1.82, 2.24) is 13.6 Å². The summed E-state index contributed by atoms with van der Waals surface area (Å²) in [6, 6.07) is -0.830. The molecule has 0 radical (unpaired) electrons. The zero-order valence-electron chi connectivity index (χ0n) is 9.98. The molecule has 0 spiro atoms. The summed E-state index contributed by atoms with van der Waals surface area (Å²) in [7, 11) is 0. The van der Waals surface area contributed by atoms with Crippen molar-refractivity contribution in [1.29, 1.82) is 0 Å². The maximum absolute atomic E-state index is 11.4. The Morgan fingerprint density at radius 3 is 2.53 bits per heavy atom. The molecule has 0 saturated carbocycles. The van der Waals surface area contributed by atoms with Gasteiger partial charge in [0, 0.05) is 18.3 Å². The summed E-state index contributed by atoms with van der Waals surface area (Å²) >= 11 is 5.36. The van der Waals surface area contributed by atoms with Gasteiger partial charge in [-0.15, -0.1) is 4.09 Å². The molecule has 0 unspecified atom stereocenters. The van der Waals surface area contributed by atoms with Gasteiger partial charge in [0.25, 0.3) is 0 Å². The Kier molecular flexibility index (Phi) is 7.28. The summed E-state index contributed by atoms with van der Waals surface area (Å²) < 4.78 is 1.20. The van der Waals surface area contributed by atoms with Gasteiger partial charge in [0.1, 0.15) is 0 Å². The van der Waals surface area contributed by atoms with Gasteiger partial charge in [-0.2, -0.15) is 4.98 Å². The molecule has 0 bridgehead atoms. The topological polar surface area (TPSA) is 79.9 Å². The summed E-state index contributed by atoms with van der Waals surface area (Å²) in [5, 5.41) is 11.3. The normalized spacial score (nSPS) is 10.0. The summed E-state index contributed by atoms with van der Waals surface area (Å²) in [6.45, 7) is 2.31. The third kappa shape index (κ3) is 4.23. The van der Waals surface area contributed by atoms with Gasteiger partial charge in [0.2, 0.25) is 0 Å². The van der Waals surface area contributed by atoms with Gasteiger partial charge in [-0.3, -0.25) is 4.57 Å². The van der Waals surface area contributed by atoms with Gasteiger partial charge in [-0.05, 0) is 6.42 Å². The Morgan fingerprint density at radius 2 is 1.94 bits per heavy atom. The van der Waals surface area contributed by atoms with Crippen LogP contribution in [-0.4, -0.2) is 13.6 Å². The number of hydrogen-bond acceptors (Lipinski definition) is 4. The molecular weight excluding hydrogens is 241 g/mol. The van der Waals surface area contributed by atoms with E-state index in [0.29, 0.717) is 10.5 Å².